The molecule has 0 fully saturated rings. The largest absolute Gasteiger partial charge is 0.482 e. The number of nitrogens with one attached hydrogen (secondary N) is 1. The van der Waals surface area contributed by atoms with Gasteiger partial charge in [0.25, 0.3) is 11.6 Å². The summed E-state index contributed by atoms with van der Waals surface area (Å²) in [6, 6.07) is 12.2. The van der Waals surface area contributed by atoms with Crippen molar-refractivity contribution in [2.45, 2.75) is 6.92 Å². The molecule has 0 spiro atoms. The van der Waals surface area contributed by atoms with E-state index in [1.807, 2.05) is 0 Å². The average Bonchev–Trinajstić information content (AvgIpc) is 2.67. The second-order valence-corrected chi connectivity index (χ2v) is 5.14. The van der Waals surface area contributed by atoms with Crippen LogP contribution in [0.15, 0.2) is 53.6 Å². The quantitative estimate of drug-likeness (QED) is 0.329. The molecule has 9 heteroatoms. The molecular weight excluding hydrogens is 354 g/mol. The van der Waals surface area contributed by atoms with Crippen molar-refractivity contribution in [2.24, 2.45) is 5.10 Å². The summed E-state index contributed by atoms with van der Waals surface area (Å²) in [5, 5.41) is 14.7. The maximum Gasteiger partial charge on any atom is 0.344 e. The Kier molecular flexibility index (Phi) is 7.00. The molecule has 0 saturated carbocycles. The van der Waals surface area contributed by atoms with Crippen molar-refractivity contribution in [2.75, 3.05) is 13.2 Å². The van der Waals surface area contributed by atoms with E-state index < -0.39 is 16.8 Å². The molecule has 0 bridgehead atoms. The lowest BCUT2D eigenvalue weighted by Crippen LogP contribution is -2.18. The number of amides is 1. The third-order valence-electron chi connectivity index (χ3n) is 3.27. The molecule has 0 saturated heterocycles. The van der Waals surface area contributed by atoms with Crippen LogP contribution in [-0.4, -0.2) is 36.2 Å². The third kappa shape index (κ3) is 5.92. The van der Waals surface area contributed by atoms with Crippen LogP contribution in [0.1, 0.15) is 22.8 Å². The highest BCUT2D eigenvalue weighted by atomic mass is 16.6. The van der Waals surface area contributed by atoms with E-state index in [0.717, 1.165) is 0 Å². The lowest BCUT2D eigenvalue weighted by atomic mass is 10.2. The van der Waals surface area contributed by atoms with Gasteiger partial charge >= 0.3 is 5.97 Å². The molecule has 0 aromatic heterocycles. The number of hydrogen-bond donors (Lipinski definition) is 1. The Labute approximate surface area is 154 Å². The lowest BCUT2D eigenvalue weighted by Gasteiger charge is -2.05. The molecule has 140 valence electrons. The normalized spacial score (nSPS) is 10.4. The summed E-state index contributed by atoms with van der Waals surface area (Å²) in [5.41, 5.74) is 2.52. The Morgan fingerprint density at radius 3 is 2.56 bits per heavy atom. The summed E-state index contributed by atoms with van der Waals surface area (Å²) in [4.78, 5) is 33.5. The van der Waals surface area contributed by atoms with Crippen LogP contribution in [0.4, 0.5) is 5.69 Å². The summed E-state index contributed by atoms with van der Waals surface area (Å²) in [7, 11) is 0. The molecule has 1 amide bonds. The SMILES string of the molecule is CCOC(=O)COc1ccc(/C=N\NC(=O)c2ccccc2[N+](=O)[O-])cc1. The number of nitro groups is 1. The van der Waals surface area contributed by atoms with Gasteiger partial charge in [-0.2, -0.15) is 5.10 Å². The number of benzene rings is 2. The van der Waals surface area contributed by atoms with Crippen LogP contribution in [0.25, 0.3) is 0 Å². The van der Waals surface area contributed by atoms with E-state index in [-0.39, 0.29) is 24.5 Å². The average molecular weight is 371 g/mol. The van der Waals surface area contributed by atoms with Crippen molar-refractivity contribution in [1.29, 1.82) is 0 Å². The summed E-state index contributed by atoms with van der Waals surface area (Å²) in [6.07, 6.45) is 1.38. The zero-order valence-corrected chi connectivity index (χ0v) is 14.5. The van der Waals surface area contributed by atoms with Crippen LogP contribution in [0.3, 0.4) is 0 Å². The Morgan fingerprint density at radius 2 is 1.89 bits per heavy atom. The molecular formula is C18H17N3O6. The zero-order chi connectivity index (χ0) is 19.6. The molecule has 0 heterocycles. The maximum atomic E-state index is 12.0. The molecule has 27 heavy (non-hydrogen) atoms. The first-order valence-electron chi connectivity index (χ1n) is 7.96. The number of nitro benzene ring substituents is 1. The topological polar surface area (TPSA) is 120 Å². The van der Waals surface area contributed by atoms with Gasteiger partial charge in [0.05, 0.1) is 17.7 Å². The van der Waals surface area contributed by atoms with Crippen molar-refractivity contribution < 1.29 is 24.0 Å². The molecule has 0 unspecified atom stereocenters. The highest BCUT2D eigenvalue weighted by Gasteiger charge is 2.18. The Balaban J connectivity index is 1.92. The van der Waals surface area contributed by atoms with E-state index in [4.69, 9.17) is 9.47 Å². The molecule has 0 aliphatic heterocycles. The fourth-order valence-corrected chi connectivity index (χ4v) is 2.05. The number of nitrogens with zero attached hydrogens (tertiary/aromatic N) is 2. The second kappa shape index (κ2) is 9.66. The van der Waals surface area contributed by atoms with Gasteiger partial charge in [-0.3, -0.25) is 14.9 Å². The summed E-state index contributed by atoms with van der Waals surface area (Å²) >= 11 is 0. The van der Waals surface area contributed by atoms with E-state index in [1.54, 1.807) is 31.2 Å². The van der Waals surface area contributed by atoms with E-state index in [0.29, 0.717) is 11.3 Å². The number of para-hydroxylation sites is 1. The second-order valence-electron chi connectivity index (χ2n) is 5.14. The molecule has 0 aliphatic rings. The number of esters is 1. The van der Waals surface area contributed by atoms with Crippen LogP contribution in [-0.2, 0) is 9.53 Å². The molecule has 2 aromatic carbocycles. The Hall–Kier alpha value is -3.75. The predicted molar refractivity (Wildman–Crippen MR) is 96.7 cm³/mol. The van der Waals surface area contributed by atoms with Gasteiger partial charge in [0.1, 0.15) is 11.3 Å². The van der Waals surface area contributed by atoms with Crippen molar-refractivity contribution in [3.05, 3.63) is 69.8 Å². The van der Waals surface area contributed by atoms with Gasteiger partial charge in [0.2, 0.25) is 0 Å². The van der Waals surface area contributed by atoms with E-state index in [9.17, 15) is 19.7 Å². The lowest BCUT2D eigenvalue weighted by molar-refractivity contribution is -0.385. The fraction of sp³-hybridized carbons (Fsp3) is 0.167. The molecule has 2 aromatic rings. The summed E-state index contributed by atoms with van der Waals surface area (Å²) in [5.74, 6) is -0.669. The maximum absolute atomic E-state index is 12.0. The van der Waals surface area contributed by atoms with Gasteiger partial charge in [-0.1, -0.05) is 12.1 Å². The van der Waals surface area contributed by atoms with Gasteiger partial charge in [-0.15, -0.1) is 0 Å². The van der Waals surface area contributed by atoms with Crippen molar-refractivity contribution in [3.63, 3.8) is 0 Å². The first-order valence-corrected chi connectivity index (χ1v) is 7.96. The third-order valence-corrected chi connectivity index (χ3v) is 3.27. The van der Waals surface area contributed by atoms with Crippen LogP contribution in [0.5, 0.6) is 5.75 Å². The first kappa shape index (κ1) is 19.6. The smallest absolute Gasteiger partial charge is 0.344 e. The minimum absolute atomic E-state index is 0.0811. The Morgan fingerprint density at radius 1 is 1.19 bits per heavy atom. The van der Waals surface area contributed by atoms with Gasteiger partial charge in [0, 0.05) is 6.07 Å². The van der Waals surface area contributed by atoms with Crippen molar-refractivity contribution >= 4 is 23.8 Å². The number of ether oxygens (including phenoxy) is 2. The number of hydrogen-bond acceptors (Lipinski definition) is 7. The number of carbonyl (C=O) groups is 2. The zero-order valence-electron chi connectivity index (χ0n) is 14.5. The first-order chi connectivity index (χ1) is 13.0. The predicted octanol–water partition coefficient (Wildman–Crippen LogP) is 2.30. The van der Waals surface area contributed by atoms with Crippen LogP contribution < -0.4 is 10.2 Å². The van der Waals surface area contributed by atoms with Crippen LogP contribution >= 0.6 is 0 Å². The highest BCUT2D eigenvalue weighted by molar-refractivity contribution is 5.98. The molecule has 1 N–H and O–H groups in total. The van der Waals surface area contributed by atoms with E-state index in [2.05, 4.69) is 10.5 Å². The monoisotopic (exact) mass is 371 g/mol. The van der Waals surface area contributed by atoms with E-state index in [1.165, 1.54) is 30.5 Å². The summed E-state index contributed by atoms with van der Waals surface area (Å²) < 4.78 is 10.0. The van der Waals surface area contributed by atoms with Crippen LogP contribution in [0.2, 0.25) is 0 Å². The fourth-order valence-electron chi connectivity index (χ4n) is 2.05. The number of rotatable bonds is 8. The van der Waals surface area contributed by atoms with Crippen LogP contribution in [0, 0.1) is 10.1 Å². The highest BCUT2D eigenvalue weighted by Crippen LogP contribution is 2.17. The van der Waals surface area contributed by atoms with Gasteiger partial charge in [-0.25, -0.2) is 10.2 Å². The van der Waals surface area contributed by atoms with Gasteiger partial charge in [0.15, 0.2) is 6.61 Å². The Bertz CT molecular complexity index is 848. The van der Waals surface area contributed by atoms with Crippen molar-refractivity contribution in [1.82, 2.24) is 5.43 Å². The number of hydrazone groups is 1. The molecule has 0 atom stereocenters. The van der Waals surface area contributed by atoms with Gasteiger partial charge in [-0.05, 0) is 42.8 Å². The molecule has 9 nitrogen and oxygen atoms in total. The van der Waals surface area contributed by atoms with Crippen molar-refractivity contribution in [3.8, 4) is 5.75 Å². The minimum Gasteiger partial charge on any atom is -0.482 e. The minimum atomic E-state index is -0.687. The van der Waals surface area contributed by atoms with E-state index >= 15 is 0 Å². The molecule has 0 aliphatic carbocycles. The molecule has 2 rings (SSSR count). The number of carbonyl (C=O) groups excluding carboxylic acids is 2. The summed E-state index contributed by atoms with van der Waals surface area (Å²) in [6.45, 7) is 1.81. The molecule has 0 radical (unpaired) electrons. The van der Waals surface area contributed by atoms with Gasteiger partial charge < -0.3 is 9.47 Å². The standard InChI is InChI=1S/C18H17N3O6/c1-2-26-17(22)12-27-14-9-7-13(8-10-14)11-19-20-18(23)15-5-3-4-6-16(15)21(24)25/h3-11H,2,12H2,1H3,(H,20,23)/b19-11-.